The Kier molecular flexibility index (Phi) is 8.30. The van der Waals surface area contributed by atoms with Crippen LogP contribution in [-0.2, 0) is 13.2 Å². The Labute approximate surface area is 188 Å². The van der Waals surface area contributed by atoms with Crippen LogP contribution in [-0.4, -0.2) is 25.2 Å². The lowest BCUT2D eigenvalue weighted by Gasteiger charge is -2.18. The van der Waals surface area contributed by atoms with Crippen LogP contribution >= 0.6 is 27.5 Å². The molecule has 0 unspecified atom stereocenters. The molecule has 0 fully saturated rings. The van der Waals surface area contributed by atoms with E-state index in [0.717, 1.165) is 10.0 Å². The van der Waals surface area contributed by atoms with Crippen molar-refractivity contribution >= 4 is 27.5 Å². The number of ether oxygens (including phenoxy) is 3. The fourth-order valence-corrected chi connectivity index (χ4v) is 3.42. The largest absolute Gasteiger partial charge is 0.493 e. The van der Waals surface area contributed by atoms with Gasteiger partial charge in [0.05, 0.1) is 12.1 Å². The minimum absolute atomic E-state index is 0.0197. The number of pyridine rings is 1. The number of halogens is 3. The van der Waals surface area contributed by atoms with Crippen LogP contribution < -0.4 is 19.5 Å². The van der Waals surface area contributed by atoms with E-state index < -0.39 is 5.82 Å². The zero-order chi connectivity index (χ0) is 21.3. The van der Waals surface area contributed by atoms with Gasteiger partial charge in [0, 0.05) is 41.0 Å². The summed E-state index contributed by atoms with van der Waals surface area (Å²) in [4.78, 5) is 4.12. The molecule has 0 atom stereocenters. The van der Waals surface area contributed by atoms with Crippen molar-refractivity contribution in [3.63, 3.8) is 0 Å². The normalized spacial score (nSPS) is 10.7. The fourth-order valence-electron chi connectivity index (χ4n) is 2.75. The van der Waals surface area contributed by atoms with Gasteiger partial charge >= 0.3 is 0 Å². The summed E-state index contributed by atoms with van der Waals surface area (Å²) in [5, 5.41) is 3.62. The van der Waals surface area contributed by atoms with Crippen molar-refractivity contribution < 1.29 is 18.6 Å². The van der Waals surface area contributed by atoms with Crippen LogP contribution in [0.5, 0.6) is 17.4 Å². The van der Waals surface area contributed by atoms with E-state index in [-0.39, 0.29) is 6.61 Å². The molecule has 0 aliphatic carbocycles. The zero-order valence-corrected chi connectivity index (χ0v) is 18.7. The number of benzene rings is 2. The van der Waals surface area contributed by atoms with Gasteiger partial charge in [0.1, 0.15) is 19.0 Å². The third kappa shape index (κ3) is 5.84. The van der Waals surface area contributed by atoms with Crippen molar-refractivity contribution in [3.05, 3.63) is 81.2 Å². The van der Waals surface area contributed by atoms with E-state index in [4.69, 9.17) is 25.8 Å². The molecule has 0 bridgehead atoms. The number of nitrogens with one attached hydrogen (secondary N) is 1. The molecule has 0 spiro atoms. The van der Waals surface area contributed by atoms with E-state index in [1.807, 2.05) is 18.2 Å². The van der Waals surface area contributed by atoms with Gasteiger partial charge in [0.2, 0.25) is 5.88 Å². The Morgan fingerprint density at radius 2 is 1.93 bits per heavy atom. The summed E-state index contributed by atoms with van der Waals surface area (Å²) < 4.78 is 31.9. The third-order valence-corrected chi connectivity index (χ3v) is 5.38. The summed E-state index contributed by atoms with van der Waals surface area (Å²) in [6.07, 6.45) is 1.68. The van der Waals surface area contributed by atoms with Crippen LogP contribution in [0, 0.1) is 5.82 Å². The highest BCUT2D eigenvalue weighted by atomic mass is 79.9. The van der Waals surface area contributed by atoms with Gasteiger partial charge in [-0.05, 0) is 30.3 Å². The highest BCUT2D eigenvalue weighted by molar-refractivity contribution is 9.10. The molecule has 5 nitrogen and oxygen atoms in total. The van der Waals surface area contributed by atoms with Crippen LogP contribution in [0.1, 0.15) is 11.1 Å². The summed E-state index contributed by atoms with van der Waals surface area (Å²) in [6, 6.07) is 13.7. The van der Waals surface area contributed by atoms with Gasteiger partial charge in [-0.3, -0.25) is 0 Å². The molecule has 30 heavy (non-hydrogen) atoms. The van der Waals surface area contributed by atoms with Gasteiger partial charge in [-0.2, -0.15) is 0 Å². The molecule has 0 radical (unpaired) electrons. The van der Waals surface area contributed by atoms with Crippen molar-refractivity contribution in [3.8, 4) is 17.4 Å². The molecule has 158 valence electrons. The highest BCUT2D eigenvalue weighted by Gasteiger charge is 2.16. The molecule has 1 aromatic heterocycles. The van der Waals surface area contributed by atoms with E-state index in [1.54, 1.807) is 37.6 Å². The first-order chi connectivity index (χ1) is 14.6. The first-order valence-corrected chi connectivity index (χ1v) is 10.4. The summed E-state index contributed by atoms with van der Waals surface area (Å²) >= 11 is 9.67. The maximum atomic E-state index is 14.1. The molecule has 2 aromatic carbocycles. The standard InChI is InChI=1S/C22H21BrClFN2O3/c1-28-20-9-8-17(23)15(13-26-11-12-29-21-7-2-3-10-27-21)22(20)30-14-16-18(24)5-4-6-19(16)25/h2-10,26H,11-14H2,1H3. The summed E-state index contributed by atoms with van der Waals surface area (Å²) in [5.74, 6) is 1.23. The smallest absolute Gasteiger partial charge is 0.213 e. The molecule has 1 N–H and O–H groups in total. The lowest BCUT2D eigenvalue weighted by Crippen LogP contribution is -2.21. The van der Waals surface area contributed by atoms with Gasteiger partial charge in [-0.25, -0.2) is 9.37 Å². The molecule has 8 heteroatoms. The number of rotatable bonds is 10. The Balaban J connectivity index is 1.66. The van der Waals surface area contributed by atoms with Gasteiger partial charge in [0.15, 0.2) is 11.5 Å². The molecular formula is C22H21BrClFN2O3. The van der Waals surface area contributed by atoms with E-state index >= 15 is 0 Å². The molecule has 1 heterocycles. The van der Waals surface area contributed by atoms with Gasteiger partial charge < -0.3 is 19.5 Å². The van der Waals surface area contributed by atoms with Crippen molar-refractivity contribution in [1.29, 1.82) is 0 Å². The van der Waals surface area contributed by atoms with Crippen molar-refractivity contribution in [2.24, 2.45) is 0 Å². The van der Waals surface area contributed by atoms with Crippen molar-refractivity contribution in [2.75, 3.05) is 20.3 Å². The summed E-state index contributed by atoms with van der Waals surface area (Å²) in [7, 11) is 1.56. The minimum Gasteiger partial charge on any atom is -0.493 e. The predicted molar refractivity (Wildman–Crippen MR) is 118 cm³/mol. The monoisotopic (exact) mass is 494 g/mol. The average molecular weight is 496 g/mol. The highest BCUT2D eigenvalue weighted by Crippen LogP contribution is 2.37. The van der Waals surface area contributed by atoms with Crippen molar-refractivity contribution in [1.82, 2.24) is 10.3 Å². The topological polar surface area (TPSA) is 52.6 Å². The second-order valence-electron chi connectivity index (χ2n) is 6.24. The molecule has 3 aromatic rings. The van der Waals surface area contributed by atoms with Crippen LogP contribution in [0.2, 0.25) is 5.02 Å². The molecule has 0 aliphatic rings. The van der Waals surface area contributed by atoms with E-state index in [2.05, 4.69) is 26.2 Å². The zero-order valence-electron chi connectivity index (χ0n) is 16.3. The number of hydrogen-bond donors (Lipinski definition) is 1. The molecule has 0 aliphatic heterocycles. The molecule has 0 saturated heterocycles. The fraction of sp³-hybridized carbons (Fsp3) is 0.227. The predicted octanol–water partition coefficient (Wildman–Crippen LogP) is 5.39. The second-order valence-corrected chi connectivity index (χ2v) is 7.50. The van der Waals surface area contributed by atoms with E-state index in [1.165, 1.54) is 6.07 Å². The van der Waals surface area contributed by atoms with Crippen LogP contribution in [0.3, 0.4) is 0 Å². The van der Waals surface area contributed by atoms with Crippen LogP contribution in [0.25, 0.3) is 0 Å². The van der Waals surface area contributed by atoms with Crippen LogP contribution in [0.15, 0.2) is 59.2 Å². The van der Waals surface area contributed by atoms with Gasteiger partial charge in [-0.15, -0.1) is 0 Å². The lowest BCUT2D eigenvalue weighted by atomic mass is 10.1. The second kappa shape index (κ2) is 11.2. The Morgan fingerprint density at radius 3 is 2.67 bits per heavy atom. The lowest BCUT2D eigenvalue weighted by molar-refractivity contribution is 0.274. The SMILES string of the molecule is COc1ccc(Br)c(CNCCOc2ccccn2)c1OCc1c(F)cccc1Cl. The first kappa shape index (κ1) is 22.3. The molecule has 0 saturated carbocycles. The maximum Gasteiger partial charge on any atom is 0.213 e. The number of methoxy groups -OCH3 is 1. The first-order valence-electron chi connectivity index (χ1n) is 9.25. The van der Waals surface area contributed by atoms with Crippen molar-refractivity contribution in [2.45, 2.75) is 13.2 Å². The average Bonchev–Trinajstić information content (AvgIpc) is 2.75. The van der Waals surface area contributed by atoms with Gasteiger partial charge in [0.25, 0.3) is 0 Å². The Hall–Kier alpha value is -2.35. The van der Waals surface area contributed by atoms with E-state index in [9.17, 15) is 4.39 Å². The molecule has 3 rings (SSSR count). The Bertz CT molecular complexity index is 956. The molecule has 0 amide bonds. The number of hydrogen-bond acceptors (Lipinski definition) is 5. The maximum absolute atomic E-state index is 14.1. The minimum atomic E-state index is -0.414. The third-order valence-electron chi connectivity index (χ3n) is 4.28. The quantitative estimate of drug-likeness (QED) is 0.382. The summed E-state index contributed by atoms with van der Waals surface area (Å²) in [6.45, 7) is 1.52. The Morgan fingerprint density at radius 1 is 1.07 bits per heavy atom. The van der Waals surface area contributed by atoms with Crippen LogP contribution in [0.4, 0.5) is 4.39 Å². The molecular weight excluding hydrogens is 475 g/mol. The number of nitrogens with zero attached hydrogens (tertiary/aromatic N) is 1. The van der Waals surface area contributed by atoms with Gasteiger partial charge in [-0.1, -0.05) is 39.7 Å². The van der Waals surface area contributed by atoms with E-state index in [0.29, 0.717) is 47.7 Å². The summed E-state index contributed by atoms with van der Waals surface area (Å²) in [5.41, 5.74) is 1.14. The number of aromatic nitrogens is 1.